The molecule has 0 aromatic carbocycles. The van der Waals surface area contributed by atoms with E-state index in [1.54, 1.807) is 4.31 Å². The van der Waals surface area contributed by atoms with Crippen LogP contribution in [0.2, 0.25) is 0 Å². The van der Waals surface area contributed by atoms with Crippen LogP contribution in [0.25, 0.3) is 0 Å². The first-order valence-electron chi connectivity index (χ1n) is 15.7. The van der Waals surface area contributed by atoms with Gasteiger partial charge in [0.1, 0.15) is 0 Å². The van der Waals surface area contributed by atoms with Crippen molar-refractivity contribution in [2.45, 2.75) is 116 Å². The first-order chi connectivity index (χ1) is 18.1. The number of hydrogen-bond donors (Lipinski definition) is 2. The minimum absolute atomic E-state index is 0.00393. The summed E-state index contributed by atoms with van der Waals surface area (Å²) in [5.74, 6) is 1.68. The summed E-state index contributed by atoms with van der Waals surface area (Å²) in [4.78, 5) is 0. The lowest BCUT2D eigenvalue weighted by molar-refractivity contribution is -0.182. The molecular weight excluding hydrogens is 514 g/mol. The number of sulfonamides is 1. The second-order valence-electron chi connectivity index (χ2n) is 16.2. The van der Waals surface area contributed by atoms with Crippen LogP contribution >= 0.6 is 0 Å². The molecule has 2 N–H and O–H groups in total. The predicted octanol–water partition coefficient (Wildman–Crippen LogP) is 3.82. The lowest BCUT2D eigenvalue weighted by atomic mass is 9.41. The summed E-state index contributed by atoms with van der Waals surface area (Å²) >= 11 is 0. The Kier molecular flexibility index (Phi) is 5.81. The minimum atomic E-state index is -3.37. The average Bonchev–Trinajstić information content (AvgIpc) is 3.45. The highest BCUT2D eigenvalue weighted by molar-refractivity contribution is 7.88. The number of nitrogens with zero attached hydrogens (tertiary/aromatic N) is 1. The summed E-state index contributed by atoms with van der Waals surface area (Å²) in [7, 11) is -3.37. The molecule has 7 aliphatic rings. The second-order valence-corrected chi connectivity index (χ2v) is 18.1. The van der Waals surface area contributed by atoms with Crippen molar-refractivity contribution in [3.63, 3.8) is 0 Å². The Morgan fingerprint density at radius 3 is 2.26 bits per heavy atom. The molecule has 222 valence electrons. The molecule has 7 rings (SSSR count). The highest BCUT2D eigenvalue weighted by Crippen LogP contribution is 2.89. The summed E-state index contributed by atoms with van der Waals surface area (Å²) in [6, 6.07) is -0.109. The van der Waals surface area contributed by atoms with E-state index in [4.69, 9.17) is 9.47 Å². The van der Waals surface area contributed by atoms with Crippen LogP contribution in [0.1, 0.15) is 86.0 Å². The van der Waals surface area contributed by atoms with Crippen molar-refractivity contribution < 1.29 is 28.1 Å². The standard InChI is InChI=1S/C31H51NO6S/c1-18-13-20(14-32(39(6,35)36)19-15-37-16-19)38-25-24(18)28(4)11-12-31-17-30(31)10-9-23(33)27(2,3)21(30)7-8-22(31)29(28,5)26(25)34/h18-26,33-34H,7-17H2,1-6H3/t18-,20?,21+,22?,23?,24+,25?,26+,28-,29-,30-,31+/m1/s1. The van der Waals surface area contributed by atoms with Crippen molar-refractivity contribution in [3.05, 3.63) is 0 Å². The van der Waals surface area contributed by atoms with Gasteiger partial charge in [-0.3, -0.25) is 0 Å². The molecule has 4 unspecified atom stereocenters. The Morgan fingerprint density at radius 1 is 0.949 bits per heavy atom. The molecular formula is C31H51NO6S. The van der Waals surface area contributed by atoms with Gasteiger partial charge in [-0.15, -0.1) is 0 Å². The zero-order valence-corrected chi connectivity index (χ0v) is 25.7. The van der Waals surface area contributed by atoms with Crippen molar-refractivity contribution in [2.75, 3.05) is 26.0 Å². The Bertz CT molecular complexity index is 1140. The van der Waals surface area contributed by atoms with Crippen molar-refractivity contribution in [3.8, 4) is 0 Å². The van der Waals surface area contributed by atoms with Gasteiger partial charge < -0.3 is 19.7 Å². The van der Waals surface area contributed by atoms with E-state index in [1.807, 2.05) is 0 Å². The molecule has 7 nitrogen and oxygen atoms in total. The molecule has 0 bridgehead atoms. The Hall–Kier alpha value is -0.250. The molecule has 2 spiro atoms. The smallest absolute Gasteiger partial charge is 0.211 e. The molecule has 0 aromatic heterocycles. The van der Waals surface area contributed by atoms with Crippen LogP contribution in [0.15, 0.2) is 0 Å². The van der Waals surface area contributed by atoms with Crippen molar-refractivity contribution in [2.24, 2.45) is 50.7 Å². The number of hydrogen-bond acceptors (Lipinski definition) is 6. The van der Waals surface area contributed by atoms with Crippen LogP contribution in [-0.4, -0.2) is 79.4 Å². The fourth-order valence-corrected chi connectivity index (χ4v) is 13.8. The third-order valence-electron chi connectivity index (χ3n) is 14.7. The third-order valence-corrected chi connectivity index (χ3v) is 16.0. The summed E-state index contributed by atoms with van der Waals surface area (Å²) in [5, 5.41) is 23.3. The maximum absolute atomic E-state index is 12.6. The summed E-state index contributed by atoms with van der Waals surface area (Å²) in [6.07, 6.45) is 8.85. The number of fused-ring (bicyclic) bond motifs is 4. The minimum Gasteiger partial charge on any atom is -0.393 e. The molecule has 0 aromatic rings. The van der Waals surface area contributed by atoms with Gasteiger partial charge in [0.25, 0.3) is 0 Å². The van der Waals surface area contributed by atoms with E-state index in [0.717, 1.165) is 38.5 Å². The van der Waals surface area contributed by atoms with Gasteiger partial charge in [0.05, 0.1) is 49.9 Å². The van der Waals surface area contributed by atoms with Gasteiger partial charge in [-0.25, -0.2) is 8.42 Å². The Labute approximate surface area is 235 Å². The molecule has 5 saturated carbocycles. The topological polar surface area (TPSA) is 96.3 Å². The maximum Gasteiger partial charge on any atom is 0.211 e. The first-order valence-corrected chi connectivity index (χ1v) is 17.5. The van der Waals surface area contributed by atoms with Gasteiger partial charge in [-0.05, 0) is 96.7 Å². The largest absolute Gasteiger partial charge is 0.393 e. The molecule has 2 aliphatic heterocycles. The van der Waals surface area contributed by atoms with E-state index in [1.165, 1.54) is 19.1 Å². The predicted molar refractivity (Wildman–Crippen MR) is 148 cm³/mol. The molecule has 5 aliphatic carbocycles. The van der Waals surface area contributed by atoms with Gasteiger partial charge >= 0.3 is 0 Å². The molecule has 7 fully saturated rings. The SMILES string of the molecule is C[C@@H]1CC(CN(C2COC2)S(C)(=O)=O)OC2[C@H]1[C@@]1(C)CC[C@@]34C[C@@]35CCC(O)C(C)(C)[C@@H]5CCC4[C@]1(C)[C@H]2O. The van der Waals surface area contributed by atoms with Gasteiger partial charge in [-0.1, -0.05) is 34.6 Å². The molecule has 2 heterocycles. The van der Waals surface area contributed by atoms with Gasteiger partial charge in [-0.2, -0.15) is 4.31 Å². The van der Waals surface area contributed by atoms with Crippen LogP contribution in [0.5, 0.6) is 0 Å². The summed E-state index contributed by atoms with van der Waals surface area (Å²) < 4.78 is 39.0. The third kappa shape index (κ3) is 3.25. The van der Waals surface area contributed by atoms with Crippen LogP contribution in [0, 0.1) is 50.7 Å². The zero-order valence-electron chi connectivity index (χ0n) is 24.9. The lowest BCUT2D eigenvalue weighted by Crippen LogP contribution is -2.59. The van der Waals surface area contributed by atoms with E-state index in [9.17, 15) is 18.6 Å². The van der Waals surface area contributed by atoms with E-state index >= 15 is 0 Å². The average molecular weight is 566 g/mol. The number of ether oxygens (including phenoxy) is 2. The zero-order chi connectivity index (χ0) is 28.0. The van der Waals surface area contributed by atoms with E-state index in [0.29, 0.717) is 42.9 Å². The first kappa shape index (κ1) is 27.6. The van der Waals surface area contributed by atoms with Crippen LogP contribution in [0.3, 0.4) is 0 Å². The number of aliphatic hydroxyl groups excluding tert-OH is 2. The molecule has 39 heavy (non-hydrogen) atoms. The fourth-order valence-electron chi connectivity index (χ4n) is 12.7. The van der Waals surface area contributed by atoms with Crippen molar-refractivity contribution >= 4 is 10.0 Å². The molecule has 0 radical (unpaired) electrons. The monoisotopic (exact) mass is 565 g/mol. The number of rotatable bonds is 4. The molecule has 12 atom stereocenters. The Balaban J connectivity index is 1.19. The van der Waals surface area contributed by atoms with E-state index < -0.39 is 16.1 Å². The van der Waals surface area contributed by atoms with Crippen LogP contribution < -0.4 is 0 Å². The molecule has 2 saturated heterocycles. The van der Waals surface area contributed by atoms with E-state index in [2.05, 4.69) is 34.6 Å². The van der Waals surface area contributed by atoms with Crippen LogP contribution in [-0.2, 0) is 19.5 Å². The summed E-state index contributed by atoms with van der Waals surface area (Å²) in [5.41, 5.74) is 0.341. The van der Waals surface area contributed by atoms with Crippen molar-refractivity contribution in [1.82, 2.24) is 4.31 Å². The summed E-state index contributed by atoms with van der Waals surface area (Å²) in [6.45, 7) is 13.0. The van der Waals surface area contributed by atoms with Crippen molar-refractivity contribution in [1.29, 1.82) is 0 Å². The molecule has 0 amide bonds. The quantitative estimate of drug-likeness (QED) is 0.538. The Morgan fingerprint density at radius 2 is 1.62 bits per heavy atom. The van der Waals surface area contributed by atoms with E-state index in [-0.39, 0.29) is 51.9 Å². The van der Waals surface area contributed by atoms with Gasteiger partial charge in [0.15, 0.2) is 0 Å². The van der Waals surface area contributed by atoms with Crippen LogP contribution in [0.4, 0.5) is 0 Å². The highest BCUT2D eigenvalue weighted by atomic mass is 32.2. The number of aliphatic hydroxyl groups is 2. The maximum atomic E-state index is 12.6. The second kappa shape index (κ2) is 8.22. The van der Waals surface area contributed by atoms with Gasteiger partial charge in [0.2, 0.25) is 10.0 Å². The fraction of sp³-hybridized carbons (Fsp3) is 1.00. The highest BCUT2D eigenvalue weighted by Gasteiger charge is 2.84. The molecule has 8 heteroatoms. The lowest BCUT2D eigenvalue weighted by Gasteiger charge is -2.63. The normalized spacial score (nSPS) is 56.0. The van der Waals surface area contributed by atoms with Gasteiger partial charge in [0, 0.05) is 12.0 Å².